The molecule has 0 bridgehead atoms. The van der Waals surface area contributed by atoms with Crippen LogP contribution in [-0.2, 0) is 4.79 Å². The molecule has 1 aromatic heterocycles. The lowest BCUT2D eigenvalue weighted by Gasteiger charge is -2.25. The highest BCUT2D eigenvalue weighted by atomic mass is 32.1. The number of carbonyl (C=O) groups is 1. The van der Waals surface area contributed by atoms with Crippen LogP contribution in [0.4, 0.5) is 5.82 Å². The smallest absolute Gasteiger partial charge is 0.238 e. The lowest BCUT2D eigenvalue weighted by molar-refractivity contribution is -0.122. The van der Waals surface area contributed by atoms with Crippen LogP contribution < -0.4 is 11.1 Å². The minimum atomic E-state index is -0.702. The van der Waals surface area contributed by atoms with E-state index in [0.717, 1.165) is 12.8 Å². The van der Waals surface area contributed by atoms with Crippen LogP contribution in [0.2, 0.25) is 0 Å². The Morgan fingerprint density at radius 1 is 1.47 bits per heavy atom. The molecular formula is C11H14N4OS. The van der Waals surface area contributed by atoms with Gasteiger partial charge in [0.1, 0.15) is 0 Å². The zero-order valence-electron chi connectivity index (χ0n) is 9.35. The molecule has 0 spiro atoms. The van der Waals surface area contributed by atoms with Crippen LogP contribution >= 0.6 is 12.2 Å². The molecule has 1 fully saturated rings. The first-order valence-corrected chi connectivity index (χ1v) is 5.95. The van der Waals surface area contributed by atoms with Crippen molar-refractivity contribution < 1.29 is 4.79 Å². The van der Waals surface area contributed by atoms with Gasteiger partial charge in [-0.25, -0.2) is 0 Å². The fraction of sp³-hybridized carbons (Fsp3) is 0.455. The molecule has 1 amide bonds. The number of amides is 1. The van der Waals surface area contributed by atoms with Crippen LogP contribution in [0.25, 0.3) is 0 Å². The van der Waals surface area contributed by atoms with E-state index >= 15 is 0 Å². The zero-order chi connectivity index (χ0) is 12.3. The Morgan fingerprint density at radius 3 is 2.71 bits per heavy atom. The number of nitrogens with one attached hydrogen (secondary N) is 1. The number of nitrogens with two attached hydrogens (primary N) is 1. The van der Waals surface area contributed by atoms with E-state index < -0.39 is 5.41 Å². The molecule has 0 aromatic carbocycles. The lowest BCUT2D eigenvalue weighted by atomic mass is 9.85. The summed E-state index contributed by atoms with van der Waals surface area (Å²) in [5.74, 6) is 0.267. The van der Waals surface area contributed by atoms with Crippen molar-refractivity contribution in [1.29, 1.82) is 0 Å². The van der Waals surface area contributed by atoms with E-state index in [1.807, 2.05) is 0 Å². The fourth-order valence-electron chi connectivity index (χ4n) is 2.17. The van der Waals surface area contributed by atoms with E-state index in [2.05, 4.69) is 15.5 Å². The van der Waals surface area contributed by atoms with Crippen LogP contribution in [0, 0.1) is 5.41 Å². The Labute approximate surface area is 105 Å². The van der Waals surface area contributed by atoms with Gasteiger partial charge >= 0.3 is 0 Å². The normalized spacial score (nSPS) is 17.6. The number of hydrogen-bond donors (Lipinski definition) is 2. The quantitative estimate of drug-likeness (QED) is 0.789. The van der Waals surface area contributed by atoms with E-state index in [9.17, 15) is 4.79 Å². The largest absolute Gasteiger partial charge is 0.392 e. The van der Waals surface area contributed by atoms with E-state index in [1.165, 1.54) is 0 Å². The van der Waals surface area contributed by atoms with Gasteiger partial charge in [-0.3, -0.25) is 4.79 Å². The average molecular weight is 250 g/mol. The maximum absolute atomic E-state index is 12.2. The molecule has 6 heteroatoms. The number of anilines is 1. The molecule has 2 rings (SSSR count). The van der Waals surface area contributed by atoms with Gasteiger partial charge in [0, 0.05) is 6.20 Å². The van der Waals surface area contributed by atoms with E-state index in [-0.39, 0.29) is 10.9 Å². The van der Waals surface area contributed by atoms with Crippen LogP contribution in [0.3, 0.4) is 0 Å². The summed E-state index contributed by atoms with van der Waals surface area (Å²) < 4.78 is 0. The first-order valence-electron chi connectivity index (χ1n) is 5.54. The predicted octanol–water partition coefficient (Wildman–Crippen LogP) is 1.26. The number of nitrogens with zero attached hydrogens (tertiary/aromatic N) is 2. The Hall–Kier alpha value is -1.56. The van der Waals surface area contributed by atoms with Crippen molar-refractivity contribution in [3.63, 3.8) is 0 Å². The highest BCUT2D eigenvalue weighted by Gasteiger charge is 2.44. The van der Waals surface area contributed by atoms with E-state index in [1.54, 1.807) is 18.3 Å². The van der Waals surface area contributed by atoms with Crippen LogP contribution in [0.15, 0.2) is 18.3 Å². The molecular weight excluding hydrogens is 236 g/mol. The zero-order valence-corrected chi connectivity index (χ0v) is 10.2. The maximum Gasteiger partial charge on any atom is 0.238 e. The molecule has 0 saturated heterocycles. The van der Waals surface area contributed by atoms with Gasteiger partial charge in [-0.15, -0.1) is 5.10 Å². The van der Waals surface area contributed by atoms with Crippen molar-refractivity contribution in [2.75, 3.05) is 5.32 Å². The summed E-state index contributed by atoms with van der Waals surface area (Å²) in [5, 5.41) is 10.2. The van der Waals surface area contributed by atoms with Gasteiger partial charge in [0.15, 0.2) is 5.82 Å². The third kappa shape index (κ3) is 2.26. The van der Waals surface area contributed by atoms with Crippen molar-refractivity contribution in [3.8, 4) is 0 Å². The first kappa shape index (κ1) is 11.9. The average Bonchev–Trinajstić information content (AvgIpc) is 2.80. The van der Waals surface area contributed by atoms with Crippen molar-refractivity contribution in [2.45, 2.75) is 25.7 Å². The van der Waals surface area contributed by atoms with Gasteiger partial charge in [0.05, 0.1) is 10.4 Å². The van der Waals surface area contributed by atoms with Crippen molar-refractivity contribution in [2.24, 2.45) is 11.1 Å². The van der Waals surface area contributed by atoms with Crippen molar-refractivity contribution in [1.82, 2.24) is 10.2 Å². The summed E-state index contributed by atoms with van der Waals surface area (Å²) in [6.45, 7) is 0. The Bertz CT molecular complexity index is 428. The summed E-state index contributed by atoms with van der Waals surface area (Å²) in [6, 6.07) is 3.40. The Morgan fingerprint density at radius 2 is 2.18 bits per heavy atom. The molecule has 1 aromatic rings. The van der Waals surface area contributed by atoms with Gasteiger partial charge in [-0.1, -0.05) is 25.1 Å². The first-order chi connectivity index (χ1) is 8.15. The second-order valence-corrected chi connectivity index (χ2v) is 4.66. The molecule has 1 saturated carbocycles. The Balaban J connectivity index is 2.16. The lowest BCUT2D eigenvalue weighted by Crippen LogP contribution is -2.44. The third-order valence-electron chi connectivity index (χ3n) is 3.18. The van der Waals surface area contributed by atoms with Crippen LogP contribution in [0.5, 0.6) is 0 Å². The number of thiocarbonyl (C=S) groups is 1. The topological polar surface area (TPSA) is 80.9 Å². The summed E-state index contributed by atoms with van der Waals surface area (Å²) in [7, 11) is 0. The standard InChI is InChI=1S/C11H14N4OS/c12-9(17)11(5-1-2-6-11)10(16)14-8-4-3-7-13-15-8/h3-4,7H,1-2,5-6H2,(H2,12,17)(H,14,15,16). The molecule has 3 N–H and O–H groups in total. The summed E-state index contributed by atoms with van der Waals surface area (Å²) in [6.07, 6.45) is 4.94. The van der Waals surface area contributed by atoms with E-state index in [0.29, 0.717) is 18.7 Å². The highest BCUT2D eigenvalue weighted by molar-refractivity contribution is 7.80. The van der Waals surface area contributed by atoms with Crippen LogP contribution in [0.1, 0.15) is 25.7 Å². The molecule has 1 aliphatic rings. The van der Waals surface area contributed by atoms with Crippen molar-refractivity contribution in [3.05, 3.63) is 18.3 Å². The summed E-state index contributed by atoms with van der Waals surface area (Å²) in [4.78, 5) is 12.5. The highest BCUT2D eigenvalue weighted by Crippen LogP contribution is 2.39. The van der Waals surface area contributed by atoms with Gasteiger partial charge in [0.2, 0.25) is 5.91 Å². The number of aromatic nitrogens is 2. The number of carbonyl (C=O) groups excluding carboxylic acids is 1. The minimum Gasteiger partial charge on any atom is -0.392 e. The van der Waals surface area contributed by atoms with Crippen LogP contribution in [-0.4, -0.2) is 21.1 Å². The molecule has 0 aliphatic heterocycles. The molecule has 5 nitrogen and oxygen atoms in total. The maximum atomic E-state index is 12.2. The van der Waals surface area contributed by atoms with Gasteiger partial charge in [-0.05, 0) is 25.0 Å². The number of hydrogen-bond acceptors (Lipinski definition) is 4. The predicted molar refractivity (Wildman–Crippen MR) is 68.3 cm³/mol. The monoisotopic (exact) mass is 250 g/mol. The van der Waals surface area contributed by atoms with Gasteiger partial charge in [-0.2, -0.15) is 5.10 Å². The summed E-state index contributed by atoms with van der Waals surface area (Å²) >= 11 is 5.04. The fourth-order valence-corrected chi connectivity index (χ4v) is 2.46. The molecule has 0 radical (unpaired) electrons. The van der Waals surface area contributed by atoms with E-state index in [4.69, 9.17) is 18.0 Å². The second-order valence-electron chi connectivity index (χ2n) is 4.22. The third-order valence-corrected chi connectivity index (χ3v) is 3.57. The molecule has 0 atom stereocenters. The van der Waals surface area contributed by atoms with Gasteiger partial charge < -0.3 is 11.1 Å². The molecule has 17 heavy (non-hydrogen) atoms. The molecule has 1 aliphatic carbocycles. The molecule has 1 heterocycles. The second kappa shape index (κ2) is 4.75. The molecule has 0 unspecified atom stereocenters. The SMILES string of the molecule is NC(=S)C1(C(=O)Nc2cccnn2)CCCC1. The number of rotatable bonds is 3. The Kier molecular flexibility index (Phi) is 3.33. The summed E-state index contributed by atoms with van der Waals surface area (Å²) in [5.41, 5.74) is 5.02. The van der Waals surface area contributed by atoms with Crippen molar-refractivity contribution >= 4 is 28.9 Å². The van der Waals surface area contributed by atoms with Gasteiger partial charge in [0.25, 0.3) is 0 Å². The minimum absolute atomic E-state index is 0.164. The molecule has 90 valence electrons.